The number of nitrogens with one attached hydrogen (secondary N) is 2. The first-order valence-electron chi connectivity index (χ1n) is 11.4. The quantitative estimate of drug-likeness (QED) is 0.365. The van der Waals surface area contributed by atoms with Crippen molar-refractivity contribution in [1.29, 1.82) is 0 Å². The number of nitrogens with zero attached hydrogens (tertiary/aromatic N) is 4. The fourth-order valence-electron chi connectivity index (χ4n) is 4.78. The van der Waals surface area contributed by atoms with E-state index in [0.717, 1.165) is 40.4 Å². The van der Waals surface area contributed by atoms with Gasteiger partial charge in [0.2, 0.25) is 10.0 Å². The molecule has 0 radical (unpaired) electrons. The molecule has 1 fully saturated rings. The van der Waals surface area contributed by atoms with E-state index < -0.39 is 10.0 Å². The van der Waals surface area contributed by atoms with Crippen LogP contribution in [-0.4, -0.2) is 34.3 Å². The third kappa shape index (κ3) is 4.57. The molecule has 4 heterocycles. The topological polar surface area (TPSA) is 92.2 Å². The molecule has 1 aromatic carbocycles. The molecule has 0 bridgehead atoms. The zero-order chi connectivity index (χ0) is 25.4. The highest BCUT2D eigenvalue weighted by Crippen LogP contribution is 2.43. The Morgan fingerprint density at radius 1 is 0.972 bits per heavy atom. The highest BCUT2D eigenvalue weighted by atomic mass is 32.2. The van der Waals surface area contributed by atoms with Gasteiger partial charge in [-0.15, -0.1) is 0 Å². The Kier molecular flexibility index (Phi) is 6.23. The van der Waals surface area contributed by atoms with Crippen LogP contribution in [0.15, 0.2) is 79.1 Å². The van der Waals surface area contributed by atoms with Gasteiger partial charge in [0.05, 0.1) is 24.0 Å². The van der Waals surface area contributed by atoms with Crippen LogP contribution in [0, 0.1) is 13.8 Å². The molecule has 2 atom stereocenters. The summed E-state index contributed by atoms with van der Waals surface area (Å²) in [6.45, 7) is 4.16. The molecular weight excluding hydrogens is 492 g/mol. The van der Waals surface area contributed by atoms with Gasteiger partial charge in [0, 0.05) is 35.2 Å². The number of thiocarbonyl (C=S) groups is 1. The lowest BCUT2D eigenvalue weighted by molar-refractivity contribution is 0.565. The molecule has 1 saturated heterocycles. The summed E-state index contributed by atoms with van der Waals surface area (Å²) in [7, 11) is -3.37. The molecular formula is C26H26N6O2S2. The molecule has 1 aliphatic rings. The van der Waals surface area contributed by atoms with E-state index in [2.05, 4.69) is 49.4 Å². The van der Waals surface area contributed by atoms with Crippen LogP contribution in [0.2, 0.25) is 0 Å². The van der Waals surface area contributed by atoms with Gasteiger partial charge in [0.25, 0.3) is 0 Å². The first-order valence-corrected chi connectivity index (χ1v) is 13.7. The summed E-state index contributed by atoms with van der Waals surface area (Å²) in [4.78, 5) is 11.3. The lowest BCUT2D eigenvalue weighted by Gasteiger charge is -2.28. The highest BCUT2D eigenvalue weighted by molar-refractivity contribution is 7.92. The second-order valence-corrected chi connectivity index (χ2v) is 10.9. The minimum Gasteiger partial charge on any atom is -0.351 e. The third-order valence-corrected chi connectivity index (χ3v) is 7.14. The van der Waals surface area contributed by atoms with Gasteiger partial charge < -0.3 is 14.8 Å². The van der Waals surface area contributed by atoms with E-state index in [-0.39, 0.29) is 12.1 Å². The first-order chi connectivity index (χ1) is 17.2. The smallest absolute Gasteiger partial charge is 0.229 e. The summed E-state index contributed by atoms with van der Waals surface area (Å²) >= 11 is 5.83. The summed E-state index contributed by atoms with van der Waals surface area (Å²) < 4.78 is 28.0. The Morgan fingerprint density at radius 2 is 1.67 bits per heavy atom. The average molecular weight is 519 g/mol. The van der Waals surface area contributed by atoms with Gasteiger partial charge in [-0.1, -0.05) is 12.1 Å². The molecule has 8 nitrogen and oxygen atoms in total. The summed E-state index contributed by atoms with van der Waals surface area (Å²) in [5.41, 5.74) is 5.43. The molecule has 0 unspecified atom stereocenters. The number of aromatic nitrogens is 3. The van der Waals surface area contributed by atoms with E-state index in [1.807, 2.05) is 48.5 Å². The van der Waals surface area contributed by atoms with Crippen molar-refractivity contribution in [3.8, 4) is 5.82 Å². The first kappa shape index (κ1) is 24.0. The summed E-state index contributed by atoms with van der Waals surface area (Å²) in [5.74, 6) is 0.851. The number of hydrogen-bond donors (Lipinski definition) is 2. The maximum Gasteiger partial charge on any atom is 0.229 e. The van der Waals surface area contributed by atoms with E-state index in [9.17, 15) is 8.42 Å². The SMILES string of the molecule is Cc1cc([C@@H]2[C@H](c3ccccn3)NC(=S)N2c2ccc(NS(C)(=O)=O)cc2)c(C)n1-c1ccccn1. The molecule has 5 rings (SSSR count). The molecule has 4 aromatic rings. The molecule has 0 amide bonds. The third-order valence-electron chi connectivity index (χ3n) is 6.21. The van der Waals surface area contributed by atoms with Crippen LogP contribution in [0.3, 0.4) is 0 Å². The predicted octanol–water partition coefficient (Wildman–Crippen LogP) is 4.43. The van der Waals surface area contributed by atoms with Crippen LogP contribution in [0.25, 0.3) is 5.82 Å². The number of aryl methyl sites for hydroxylation is 1. The van der Waals surface area contributed by atoms with Crippen molar-refractivity contribution in [3.05, 3.63) is 102 Å². The van der Waals surface area contributed by atoms with Crippen molar-refractivity contribution >= 4 is 38.7 Å². The number of pyridine rings is 2. The van der Waals surface area contributed by atoms with Gasteiger partial charge in [-0.2, -0.15) is 0 Å². The van der Waals surface area contributed by atoms with Gasteiger partial charge in [-0.25, -0.2) is 13.4 Å². The Hall–Kier alpha value is -3.76. The normalized spacial score (nSPS) is 17.8. The summed E-state index contributed by atoms with van der Waals surface area (Å²) in [5, 5.41) is 4.05. The van der Waals surface area contributed by atoms with Crippen LogP contribution < -0.4 is 14.9 Å². The maximum atomic E-state index is 11.7. The summed E-state index contributed by atoms with van der Waals surface area (Å²) in [6.07, 6.45) is 4.70. The molecule has 3 aromatic heterocycles. The number of benzene rings is 1. The second kappa shape index (κ2) is 9.36. The Labute approximate surface area is 216 Å². The van der Waals surface area contributed by atoms with Crippen molar-refractivity contribution in [2.24, 2.45) is 0 Å². The van der Waals surface area contributed by atoms with Crippen molar-refractivity contribution in [2.75, 3.05) is 15.9 Å². The minimum atomic E-state index is -3.37. The van der Waals surface area contributed by atoms with E-state index in [1.54, 1.807) is 24.5 Å². The minimum absolute atomic E-state index is 0.190. The molecule has 184 valence electrons. The lowest BCUT2D eigenvalue weighted by Crippen LogP contribution is -2.29. The van der Waals surface area contributed by atoms with Crippen molar-refractivity contribution in [3.63, 3.8) is 0 Å². The van der Waals surface area contributed by atoms with Crippen LogP contribution >= 0.6 is 12.2 Å². The van der Waals surface area contributed by atoms with E-state index in [4.69, 9.17) is 12.2 Å². The largest absolute Gasteiger partial charge is 0.351 e. The number of rotatable bonds is 6. The van der Waals surface area contributed by atoms with Crippen molar-refractivity contribution in [2.45, 2.75) is 25.9 Å². The average Bonchev–Trinajstić information content (AvgIpc) is 3.35. The Balaban J connectivity index is 1.62. The molecule has 2 N–H and O–H groups in total. The molecule has 1 aliphatic heterocycles. The number of hydrogen-bond acceptors (Lipinski definition) is 5. The fraction of sp³-hybridized carbons (Fsp3) is 0.192. The number of anilines is 2. The zero-order valence-corrected chi connectivity index (χ0v) is 21.7. The van der Waals surface area contributed by atoms with Crippen LogP contribution in [0.5, 0.6) is 0 Å². The molecule has 0 saturated carbocycles. The van der Waals surface area contributed by atoms with Gasteiger partial charge in [-0.3, -0.25) is 9.71 Å². The fourth-order valence-corrected chi connectivity index (χ4v) is 5.69. The van der Waals surface area contributed by atoms with E-state index >= 15 is 0 Å². The van der Waals surface area contributed by atoms with Crippen LogP contribution in [0.1, 0.15) is 34.7 Å². The Morgan fingerprint density at radius 3 is 2.28 bits per heavy atom. The number of sulfonamides is 1. The van der Waals surface area contributed by atoms with Gasteiger partial charge in [0.15, 0.2) is 5.11 Å². The lowest BCUT2D eigenvalue weighted by atomic mass is 9.96. The van der Waals surface area contributed by atoms with Crippen molar-refractivity contribution in [1.82, 2.24) is 19.9 Å². The standard InChI is InChI=1S/C26H26N6O2S2/c1-17-16-21(18(2)31(17)23-9-5-7-15-28-23)25-24(22-8-4-6-14-27-22)29-26(35)32(25)20-12-10-19(11-13-20)30-36(3,33)34/h4-16,24-25,30H,1-3H3,(H,29,35)/t24-,25+/m0/s1. The van der Waals surface area contributed by atoms with E-state index in [0.29, 0.717) is 10.8 Å². The molecule has 0 aliphatic carbocycles. The highest BCUT2D eigenvalue weighted by Gasteiger charge is 2.42. The van der Waals surface area contributed by atoms with Gasteiger partial charge in [0.1, 0.15) is 5.82 Å². The van der Waals surface area contributed by atoms with Crippen LogP contribution in [-0.2, 0) is 10.0 Å². The predicted molar refractivity (Wildman–Crippen MR) is 146 cm³/mol. The van der Waals surface area contributed by atoms with Gasteiger partial charge in [-0.05, 0) is 86.2 Å². The summed E-state index contributed by atoms with van der Waals surface area (Å²) in [6, 6.07) is 20.7. The zero-order valence-electron chi connectivity index (χ0n) is 20.1. The molecule has 0 spiro atoms. The van der Waals surface area contributed by atoms with Crippen molar-refractivity contribution < 1.29 is 8.42 Å². The van der Waals surface area contributed by atoms with E-state index in [1.165, 1.54) is 0 Å². The van der Waals surface area contributed by atoms with Crippen LogP contribution in [0.4, 0.5) is 11.4 Å². The Bertz CT molecular complexity index is 1500. The van der Waals surface area contributed by atoms with Gasteiger partial charge >= 0.3 is 0 Å². The molecule has 10 heteroatoms. The maximum absolute atomic E-state index is 11.7. The monoisotopic (exact) mass is 518 g/mol. The second-order valence-electron chi connectivity index (χ2n) is 8.77. The molecule has 36 heavy (non-hydrogen) atoms.